The summed E-state index contributed by atoms with van der Waals surface area (Å²) < 4.78 is 9.97. The van der Waals surface area contributed by atoms with Crippen molar-refractivity contribution < 1.29 is 19.1 Å². The van der Waals surface area contributed by atoms with Crippen molar-refractivity contribution in [2.45, 2.75) is 26.3 Å². The van der Waals surface area contributed by atoms with Gasteiger partial charge >= 0.3 is 5.97 Å². The lowest BCUT2D eigenvalue weighted by Crippen LogP contribution is -2.35. The third-order valence-electron chi connectivity index (χ3n) is 2.70. The van der Waals surface area contributed by atoms with E-state index in [2.05, 4.69) is 5.32 Å². The van der Waals surface area contributed by atoms with Crippen molar-refractivity contribution >= 4 is 46.7 Å². The molecule has 122 valence electrons. The van der Waals surface area contributed by atoms with E-state index in [0.717, 1.165) is 6.42 Å². The van der Waals surface area contributed by atoms with Gasteiger partial charge in [-0.3, -0.25) is 4.79 Å². The molecule has 1 aromatic carbocycles. The predicted octanol–water partition coefficient (Wildman–Crippen LogP) is 3.48. The van der Waals surface area contributed by atoms with E-state index in [9.17, 15) is 9.59 Å². The van der Waals surface area contributed by atoms with Gasteiger partial charge in [0.2, 0.25) is 0 Å². The van der Waals surface area contributed by atoms with E-state index in [1.54, 1.807) is 0 Å². The number of ether oxygens (including phenoxy) is 2. The minimum atomic E-state index is -0.693. The van der Waals surface area contributed by atoms with Crippen LogP contribution in [0.1, 0.15) is 20.3 Å². The molecule has 0 aliphatic carbocycles. The zero-order valence-corrected chi connectivity index (χ0v) is 14.4. The lowest BCUT2D eigenvalue weighted by atomic mass is 10.2. The highest BCUT2D eigenvalue weighted by atomic mass is 35.5. The first-order chi connectivity index (χ1) is 10.3. The van der Waals surface area contributed by atoms with Crippen LogP contribution in [-0.2, 0) is 14.3 Å². The van der Waals surface area contributed by atoms with Gasteiger partial charge in [-0.1, -0.05) is 41.7 Å². The van der Waals surface area contributed by atoms with Crippen LogP contribution in [0.2, 0.25) is 15.1 Å². The van der Waals surface area contributed by atoms with Crippen LogP contribution < -0.4 is 10.1 Å². The molecule has 1 unspecified atom stereocenters. The maximum Gasteiger partial charge on any atom is 0.344 e. The molecule has 5 nitrogen and oxygen atoms in total. The zero-order valence-electron chi connectivity index (χ0n) is 12.1. The number of esters is 1. The van der Waals surface area contributed by atoms with Gasteiger partial charge in [0.15, 0.2) is 13.2 Å². The van der Waals surface area contributed by atoms with Gasteiger partial charge in [0.1, 0.15) is 5.75 Å². The van der Waals surface area contributed by atoms with Gasteiger partial charge in [-0.2, -0.15) is 0 Å². The Kier molecular flexibility index (Phi) is 7.79. The Morgan fingerprint density at radius 3 is 2.41 bits per heavy atom. The summed E-state index contributed by atoms with van der Waals surface area (Å²) in [7, 11) is 0. The number of hydrogen-bond donors (Lipinski definition) is 1. The molecule has 0 aliphatic rings. The quantitative estimate of drug-likeness (QED) is 0.591. The first kappa shape index (κ1) is 18.9. The van der Waals surface area contributed by atoms with E-state index < -0.39 is 12.6 Å². The number of hydrogen-bond acceptors (Lipinski definition) is 4. The molecule has 0 saturated carbocycles. The molecule has 1 amide bonds. The largest absolute Gasteiger partial charge is 0.480 e. The lowest BCUT2D eigenvalue weighted by Gasteiger charge is -2.12. The highest BCUT2D eigenvalue weighted by Crippen LogP contribution is 2.33. The Hall–Kier alpha value is -1.17. The molecule has 1 atom stereocenters. The van der Waals surface area contributed by atoms with E-state index in [1.165, 1.54) is 12.1 Å². The van der Waals surface area contributed by atoms with Crippen LogP contribution in [0, 0.1) is 0 Å². The topological polar surface area (TPSA) is 64.6 Å². The van der Waals surface area contributed by atoms with Crippen molar-refractivity contribution in [3.05, 3.63) is 27.2 Å². The van der Waals surface area contributed by atoms with Crippen molar-refractivity contribution in [3.63, 3.8) is 0 Å². The Morgan fingerprint density at radius 2 is 1.77 bits per heavy atom. The second kappa shape index (κ2) is 9.08. The van der Waals surface area contributed by atoms with Crippen LogP contribution in [0.15, 0.2) is 12.1 Å². The van der Waals surface area contributed by atoms with Crippen molar-refractivity contribution in [3.8, 4) is 5.75 Å². The Balaban J connectivity index is 2.41. The van der Waals surface area contributed by atoms with Crippen molar-refractivity contribution in [1.82, 2.24) is 5.32 Å². The average molecular weight is 369 g/mol. The Bertz CT molecular complexity index is 551. The summed E-state index contributed by atoms with van der Waals surface area (Å²) in [6.45, 7) is 3.04. The molecule has 1 rings (SSSR count). The molecule has 1 N–H and O–H groups in total. The Morgan fingerprint density at radius 1 is 1.14 bits per heavy atom. The van der Waals surface area contributed by atoms with Gasteiger partial charge in [-0.05, 0) is 19.4 Å². The van der Waals surface area contributed by atoms with Crippen LogP contribution in [0.25, 0.3) is 0 Å². The molecule has 8 heteroatoms. The van der Waals surface area contributed by atoms with E-state index >= 15 is 0 Å². The normalized spacial score (nSPS) is 11.7. The average Bonchev–Trinajstić information content (AvgIpc) is 2.47. The molecule has 0 aromatic heterocycles. The molecule has 0 fully saturated rings. The fraction of sp³-hybridized carbons (Fsp3) is 0.429. The van der Waals surface area contributed by atoms with Gasteiger partial charge in [-0.15, -0.1) is 0 Å². The zero-order chi connectivity index (χ0) is 16.7. The minimum Gasteiger partial charge on any atom is -0.480 e. The third-order valence-corrected chi connectivity index (χ3v) is 3.72. The second-order valence-electron chi connectivity index (χ2n) is 4.52. The van der Waals surface area contributed by atoms with Crippen molar-refractivity contribution in [2.24, 2.45) is 0 Å². The van der Waals surface area contributed by atoms with Gasteiger partial charge in [0.05, 0.1) is 15.1 Å². The number of carbonyl (C=O) groups is 2. The molecule has 0 aliphatic heterocycles. The highest BCUT2D eigenvalue weighted by molar-refractivity contribution is 6.43. The van der Waals surface area contributed by atoms with Gasteiger partial charge in [0, 0.05) is 12.1 Å². The summed E-state index contributed by atoms with van der Waals surface area (Å²) in [6.07, 6.45) is 0.790. The first-order valence-electron chi connectivity index (χ1n) is 6.55. The summed E-state index contributed by atoms with van der Waals surface area (Å²) in [5.41, 5.74) is 0. The molecule has 0 bridgehead atoms. The lowest BCUT2D eigenvalue weighted by molar-refractivity contribution is -0.150. The second-order valence-corrected chi connectivity index (χ2v) is 5.74. The maximum atomic E-state index is 11.5. The molecular formula is C14H16Cl3NO4. The number of halogens is 3. The van der Waals surface area contributed by atoms with Crippen molar-refractivity contribution in [1.29, 1.82) is 0 Å². The van der Waals surface area contributed by atoms with Gasteiger partial charge in [0.25, 0.3) is 5.91 Å². The summed E-state index contributed by atoms with van der Waals surface area (Å²) in [5.74, 6) is -0.853. The van der Waals surface area contributed by atoms with Crippen LogP contribution in [0.5, 0.6) is 5.75 Å². The molecule has 0 saturated heterocycles. The van der Waals surface area contributed by atoms with Gasteiger partial charge < -0.3 is 14.8 Å². The Labute approximate surface area is 143 Å². The first-order valence-corrected chi connectivity index (χ1v) is 7.69. The standard InChI is InChI=1S/C14H16Cl3NO4/c1-3-8(2)18-13(19)6-22-14(20)7-21-12-5-10(16)9(15)4-11(12)17/h4-5,8H,3,6-7H2,1-2H3,(H,18,19). The minimum absolute atomic E-state index is 0.0254. The molecule has 0 spiro atoms. The highest BCUT2D eigenvalue weighted by Gasteiger charge is 2.12. The van der Waals surface area contributed by atoms with E-state index in [4.69, 9.17) is 44.3 Å². The van der Waals surface area contributed by atoms with E-state index in [0.29, 0.717) is 0 Å². The monoisotopic (exact) mass is 367 g/mol. The summed E-state index contributed by atoms with van der Waals surface area (Å²) in [6, 6.07) is 2.83. The van der Waals surface area contributed by atoms with Crippen molar-refractivity contribution in [2.75, 3.05) is 13.2 Å². The fourth-order valence-electron chi connectivity index (χ4n) is 1.36. The molecule has 1 aromatic rings. The summed E-state index contributed by atoms with van der Waals surface area (Å²) in [4.78, 5) is 23.0. The smallest absolute Gasteiger partial charge is 0.344 e. The SMILES string of the molecule is CCC(C)NC(=O)COC(=O)COc1cc(Cl)c(Cl)cc1Cl. The van der Waals surface area contributed by atoms with Crippen LogP contribution in [-0.4, -0.2) is 31.1 Å². The number of rotatable bonds is 7. The third kappa shape index (κ3) is 6.30. The van der Waals surface area contributed by atoms with Crippen LogP contribution in [0.3, 0.4) is 0 Å². The molecular weight excluding hydrogens is 353 g/mol. The van der Waals surface area contributed by atoms with Gasteiger partial charge in [-0.25, -0.2) is 4.79 Å². The van der Waals surface area contributed by atoms with E-state index in [1.807, 2.05) is 13.8 Å². The maximum absolute atomic E-state index is 11.5. The molecule has 0 heterocycles. The predicted molar refractivity (Wildman–Crippen MR) is 85.8 cm³/mol. The number of nitrogens with one attached hydrogen (secondary N) is 1. The molecule has 22 heavy (non-hydrogen) atoms. The summed E-state index contributed by atoms with van der Waals surface area (Å²) in [5, 5.41) is 3.42. The molecule has 0 radical (unpaired) electrons. The fourth-order valence-corrected chi connectivity index (χ4v) is 1.95. The number of amides is 1. The van der Waals surface area contributed by atoms with E-state index in [-0.39, 0.29) is 39.4 Å². The van der Waals surface area contributed by atoms with Crippen LogP contribution >= 0.6 is 34.8 Å². The number of carbonyl (C=O) groups excluding carboxylic acids is 2. The van der Waals surface area contributed by atoms with Crippen LogP contribution in [0.4, 0.5) is 0 Å². The summed E-state index contributed by atoms with van der Waals surface area (Å²) >= 11 is 17.5. The number of benzene rings is 1.